The van der Waals surface area contributed by atoms with Crippen LogP contribution in [0, 0.1) is 5.82 Å². The standard InChI is InChI=1S/C15H21FN2O3/c1-18(15(19)14-7-6-11(10-17)21-14)8-9-20-13-5-3-2-4-12(13)16/h2-5,11,14H,6-10,17H2,1H3. The van der Waals surface area contributed by atoms with Gasteiger partial charge < -0.3 is 20.1 Å². The van der Waals surface area contributed by atoms with Crippen molar-refractivity contribution in [3.05, 3.63) is 30.1 Å². The highest BCUT2D eigenvalue weighted by molar-refractivity contribution is 5.80. The van der Waals surface area contributed by atoms with E-state index >= 15 is 0 Å². The summed E-state index contributed by atoms with van der Waals surface area (Å²) in [5.74, 6) is -0.293. The molecule has 5 nitrogen and oxygen atoms in total. The lowest BCUT2D eigenvalue weighted by atomic mass is 10.2. The molecule has 0 radical (unpaired) electrons. The molecule has 0 aromatic heterocycles. The Hall–Kier alpha value is -1.66. The maximum atomic E-state index is 13.4. The van der Waals surface area contributed by atoms with Gasteiger partial charge in [0.05, 0.1) is 12.6 Å². The Bertz CT molecular complexity index is 484. The predicted octanol–water partition coefficient (Wildman–Crippen LogP) is 1.17. The second-order valence-corrected chi connectivity index (χ2v) is 5.10. The number of amides is 1. The highest BCUT2D eigenvalue weighted by Gasteiger charge is 2.31. The van der Waals surface area contributed by atoms with E-state index in [2.05, 4.69) is 0 Å². The van der Waals surface area contributed by atoms with Gasteiger partial charge >= 0.3 is 0 Å². The molecule has 1 fully saturated rings. The summed E-state index contributed by atoms with van der Waals surface area (Å²) < 4.78 is 24.3. The summed E-state index contributed by atoms with van der Waals surface area (Å²) in [6.07, 6.45) is 1.06. The molecule has 0 spiro atoms. The molecule has 1 heterocycles. The number of para-hydroxylation sites is 1. The Labute approximate surface area is 123 Å². The van der Waals surface area contributed by atoms with Gasteiger partial charge in [0.2, 0.25) is 0 Å². The minimum atomic E-state index is -0.419. The van der Waals surface area contributed by atoms with Crippen molar-refractivity contribution >= 4 is 5.91 Å². The van der Waals surface area contributed by atoms with Crippen LogP contribution in [0.15, 0.2) is 24.3 Å². The number of ether oxygens (including phenoxy) is 2. The number of hydrogen-bond donors (Lipinski definition) is 1. The molecule has 0 aliphatic carbocycles. The van der Waals surface area contributed by atoms with E-state index in [0.717, 1.165) is 6.42 Å². The van der Waals surface area contributed by atoms with E-state index in [9.17, 15) is 9.18 Å². The third kappa shape index (κ3) is 4.15. The summed E-state index contributed by atoms with van der Waals surface area (Å²) in [4.78, 5) is 13.7. The van der Waals surface area contributed by atoms with Crippen LogP contribution in [0.1, 0.15) is 12.8 Å². The molecule has 2 rings (SSSR count). The molecule has 0 saturated carbocycles. The average molecular weight is 296 g/mol. The van der Waals surface area contributed by atoms with E-state index in [1.165, 1.54) is 6.07 Å². The summed E-state index contributed by atoms with van der Waals surface area (Å²) in [6, 6.07) is 6.20. The lowest BCUT2D eigenvalue weighted by molar-refractivity contribution is -0.141. The summed E-state index contributed by atoms with van der Waals surface area (Å²) in [7, 11) is 1.69. The van der Waals surface area contributed by atoms with Gasteiger partial charge in [-0.15, -0.1) is 0 Å². The van der Waals surface area contributed by atoms with Gasteiger partial charge in [-0.05, 0) is 25.0 Å². The minimum Gasteiger partial charge on any atom is -0.489 e. The Balaban J connectivity index is 1.75. The lowest BCUT2D eigenvalue weighted by Gasteiger charge is -2.21. The van der Waals surface area contributed by atoms with Crippen molar-refractivity contribution in [3.8, 4) is 5.75 Å². The number of rotatable bonds is 6. The molecule has 1 amide bonds. The Morgan fingerprint density at radius 2 is 2.24 bits per heavy atom. The van der Waals surface area contributed by atoms with Crippen molar-refractivity contribution in [2.45, 2.75) is 25.0 Å². The topological polar surface area (TPSA) is 64.8 Å². The van der Waals surface area contributed by atoms with Crippen LogP contribution in [0.5, 0.6) is 5.75 Å². The van der Waals surface area contributed by atoms with Gasteiger partial charge in [-0.1, -0.05) is 12.1 Å². The summed E-state index contributed by atoms with van der Waals surface area (Å²) in [5.41, 5.74) is 5.53. The van der Waals surface area contributed by atoms with Gasteiger partial charge in [-0.25, -0.2) is 4.39 Å². The third-order valence-electron chi connectivity index (χ3n) is 3.54. The van der Waals surface area contributed by atoms with Crippen molar-refractivity contribution < 1.29 is 18.7 Å². The van der Waals surface area contributed by atoms with Crippen LogP contribution in [0.4, 0.5) is 4.39 Å². The zero-order valence-electron chi connectivity index (χ0n) is 12.1. The van der Waals surface area contributed by atoms with Crippen molar-refractivity contribution in [1.29, 1.82) is 0 Å². The van der Waals surface area contributed by atoms with Crippen LogP contribution in [0.3, 0.4) is 0 Å². The molecular formula is C15H21FN2O3. The fourth-order valence-electron chi connectivity index (χ4n) is 2.27. The summed E-state index contributed by atoms with van der Waals surface area (Å²) >= 11 is 0. The second-order valence-electron chi connectivity index (χ2n) is 5.10. The normalized spacial score (nSPS) is 21.3. The maximum Gasteiger partial charge on any atom is 0.251 e. The van der Waals surface area contributed by atoms with Crippen molar-refractivity contribution in [2.24, 2.45) is 5.73 Å². The van der Waals surface area contributed by atoms with Crippen LogP contribution in [0.25, 0.3) is 0 Å². The van der Waals surface area contributed by atoms with E-state index < -0.39 is 11.9 Å². The van der Waals surface area contributed by atoms with Gasteiger partial charge in [0.25, 0.3) is 5.91 Å². The molecule has 2 atom stereocenters. The van der Waals surface area contributed by atoms with Crippen LogP contribution in [0.2, 0.25) is 0 Å². The monoisotopic (exact) mass is 296 g/mol. The van der Waals surface area contributed by atoms with Gasteiger partial charge in [0.15, 0.2) is 11.6 Å². The SMILES string of the molecule is CN(CCOc1ccccc1F)C(=O)C1CCC(CN)O1. The molecule has 1 aromatic rings. The number of nitrogens with two attached hydrogens (primary N) is 1. The van der Waals surface area contributed by atoms with Gasteiger partial charge in [0.1, 0.15) is 12.7 Å². The fraction of sp³-hybridized carbons (Fsp3) is 0.533. The van der Waals surface area contributed by atoms with Crippen LogP contribution in [-0.2, 0) is 9.53 Å². The first kappa shape index (κ1) is 15.7. The van der Waals surface area contributed by atoms with E-state index in [1.807, 2.05) is 0 Å². The molecule has 6 heteroatoms. The van der Waals surface area contributed by atoms with E-state index in [-0.39, 0.29) is 24.4 Å². The van der Waals surface area contributed by atoms with Gasteiger partial charge in [-0.2, -0.15) is 0 Å². The average Bonchev–Trinajstić information content (AvgIpc) is 2.97. The zero-order chi connectivity index (χ0) is 15.2. The van der Waals surface area contributed by atoms with Gasteiger partial charge in [-0.3, -0.25) is 4.79 Å². The Kier molecular flexibility index (Phi) is 5.52. The first-order valence-corrected chi connectivity index (χ1v) is 7.09. The van der Waals surface area contributed by atoms with E-state index in [4.69, 9.17) is 15.2 Å². The van der Waals surface area contributed by atoms with Crippen molar-refractivity contribution in [3.63, 3.8) is 0 Å². The number of likely N-dealkylation sites (N-methyl/N-ethyl adjacent to an activating group) is 1. The zero-order valence-corrected chi connectivity index (χ0v) is 12.1. The third-order valence-corrected chi connectivity index (χ3v) is 3.54. The molecule has 1 aliphatic rings. The number of carbonyl (C=O) groups excluding carboxylic acids is 1. The predicted molar refractivity (Wildman–Crippen MR) is 76.5 cm³/mol. The molecule has 21 heavy (non-hydrogen) atoms. The lowest BCUT2D eigenvalue weighted by Crippen LogP contribution is -2.39. The second kappa shape index (κ2) is 7.38. The number of hydrogen-bond acceptors (Lipinski definition) is 4. The maximum absolute atomic E-state index is 13.4. The van der Waals surface area contributed by atoms with E-state index in [0.29, 0.717) is 19.5 Å². The summed E-state index contributed by atoms with van der Waals surface area (Å²) in [5, 5.41) is 0. The molecule has 116 valence electrons. The largest absolute Gasteiger partial charge is 0.489 e. The molecule has 0 bridgehead atoms. The Morgan fingerprint density at radius 3 is 2.90 bits per heavy atom. The molecule has 1 saturated heterocycles. The smallest absolute Gasteiger partial charge is 0.251 e. The van der Waals surface area contributed by atoms with Gasteiger partial charge in [0, 0.05) is 13.6 Å². The number of benzene rings is 1. The van der Waals surface area contributed by atoms with E-state index in [1.54, 1.807) is 30.1 Å². The molecular weight excluding hydrogens is 275 g/mol. The fourth-order valence-corrected chi connectivity index (χ4v) is 2.27. The highest BCUT2D eigenvalue weighted by atomic mass is 19.1. The molecule has 1 aliphatic heterocycles. The summed E-state index contributed by atoms with van der Waals surface area (Å²) in [6.45, 7) is 1.04. The van der Waals surface area contributed by atoms with Crippen molar-refractivity contribution in [1.82, 2.24) is 4.90 Å². The first-order valence-electron chi connectivity index (χ1n) is 7.09. The molecule has 2 unspecified atom stereocenters. The van der Waals surface area contributed by atoms with Crippen LogP contribution >= 0.6 is 0 Å². The quantitative estimate of drug-likeness (QED) is 0.856. The van der Waals surface area contributed by atoms with Crippen LogP contribution < -0.4 is 10.5 Å². The van der Waals surface area contributed by atoms with Crippen molar-refractivity contribution in [2.75, 3.05) is 26.7 Å². The minimum absolute atomic E-state index is 0.0259. The molecule has 1 aromatic carbocycles. The van der Waals surface area contributed by atoms with Crippen LogP contribution in [-0.4, -0.2) is 49.8 Å². The molecule has 2 N–H and O–H groups in total. The Morgan fingerprint density at radius 1 is 1.48 bits per heavy atom. The number of nitrogens with zero attached hydrogens (tertiary/aromatic N) is 1. The highest BCUT2D eigenvalue weighted by Crippen LogP contribution is 2.20. The number of halogens is 1. The first-order chi connectivity index (χ1) is 10.1. The number of carbonyl (C=O) groups is 1.